The number of H-pyrrole nitrogens is 1. The number of aromatic nitrogens is 4. The van der Waals surface area contributed by atoms with Crippen molar-refractivity contribution < 1.29 is 4.74 Å². The molecule has 1 N–H and O–H groups in total. The molecule has 0 bridgehead atoms. The van der Waals surface area contributed by atoms with Crippen LogP contribution >= 0.6 is 0 Å². The van der Waals surface area contributed by atoms with Crippen molar-refractivity contribution in [2.75, 3.05) is 6.61 Å². The fourth-order valence-corrected chi connectivity index (χ4v) is 2.92. The molecule has 0 atom stereocenters. The Balaban J connectivity index is 1.40. The second-order valence-corrected chi connectivity index (χ2v) is 5.67. The number of pyridine rings is 2. The smallest absolute Gasteiger partial charge is 0.213 e. The lowest BCUT2D eigenvalue weighted by Gasteiger charge is -2.15. The van der Waals surface area contributed by atoms with Gasteiger partial charge in [-0.05, 0) is 43.4 Å². The molecule has 0 fully saturated rings. The molecule has 3 aromatic heterocycles. The fraction of sp³-hybridized carbons (Fsp3) is 0.353. The van der Waals surface area contributed by atoms with Gasteiger partial charge in [-0.2, -0.15) is 5.10 Å². The Hall–Kier alpha value is -2.43. The number of aryl methyl sites for hydroxylation is 2. The van der Waals surface area contributed by atoms with Crippen LogP contribution in [0.2, 0.25) is 0 Å². The van der Waals surface area contributed by atoms with Gasteiger partial charge in [-0.3, -0.25) is 10.1 Å². The van der Waals surface area contributed by atoms with Gasteiger partial charge in [-0.15, -0.1) is 0 Å². The highest BCUT2D eigenvalue weighted by Gasteiger charge is 2.11. The van der Waals surface area contributed by atoms with Gasteiger partial charge >= 0.3 is 0 Å². The van der Waals surface area contributed by atoms with E-state index in [-0.39, 0.29) is 0 Å². The van der Waals surface area contributed by atoms with Gasteiger partial charge in [-0.25, -0.2) is 4.98 Å². The number of hydrogen-bond acceptors (Lipinski definition) is 4. The summed E-state index contributed by atoms with van der Waals surface area (Å²) in [5.41, 5.74) is 5.54. The third kappa shape index (κ3) is 2.66. The summed E-state index contributed by atoms with van der Waals surface area (Å²) in [6.45, 7) is 0.585. The fourth-order valence-electron chi connectivity index (χ4n) is 2.92. The minimum Gasteiger partial charge on any atom is -0.477 e. The molecule has 5 heteroatoms. The summed E-state index contributed by atoms with van der Waals surface area (Å²) in [5, 5.41) is 6.84. The second kappa shape index (κ2) is 5.75. The van der Waals surface area contributed by atoms with Gasteiger partial charge in [0.1, 0.15) is 5.52 Å². The van der Waals surface area contributed by atoms with Gasteiger partial charge in [0, 0.05) is 23.9 Å². The summed E-state index contributed by atoms with van der Waals surface area (Å²) >= 11 is 0. The van der Waals surface area contributed by atoms with E-state index in [1.54, 1.807) is 6.20 Å². The number of hydrogen-bond donors (Lipinski definition) is 1. The average molecular weight is 294 g/mol. The van der Waals surface area contributed by atoms with Crippen molar-refractivity contribution in [3.05, 3.63) is 47.4 Å². The van der Waals surface area contributed by atoms with Crippen LogP contribution in [0.5, 0.6) is 5.88 Å². The van der Waals surface area contributed by atoms with Crippen molar-refractivity contribution in [3.63, 3.8) is 0 Å². The van der Waals surface area contributed by atoms with E-state index in [4.69, 9.17) is 9.72 Å². The van der Waals surface area contributed by atoms with Crippen LogP contribution in [-0.4, -0.2) is 26.8 Å². The lowest BCUT2D eigenvalue weighted by molar-refractivity contribution is 0.309. The number of nitrogens with zero attached hydrogens (tertiary/aromatic N) is 3. The SMILES string of the molecule is c1cc2c(nc1CCOc1ccc3[nH]ncc3n1)CCCC2. The van der Waals surface area contributed by atoms with Crippen molar-refractivity contribution in [2.45, 2.75) is 32.1 Å². The van der Waals surface area contributed by atoms with Crippen LogP contribution in [0.15, 0.2) is 30.5 Å². The summed E-state index contributed by atoms with van der Waals surface area (Å²) in [6, 6.07) is 8.15. The van der Waals surface area contributed by atoms with Crippen LogP contribution in [0.1, 0.15) is 29.8 Å². The van der Waals surface area contributed by atoms with Gasteiger partial charge in [0.15, 0.2) is 0 Å². The number of ether oxygens (including phenoxy) is 1. The van der Waals surface area contributed by atoms with Gasteiger partial charge in [0.25, 0.3) is 0 Å². The van der Waals surface area contributed by atoms with Crippen LogP contribution in [0.25, 0.3) is 11.0 Å². The molecular weight excluding hydrogens is 276 g/mol. The first-order valence-corrected chi connectivity index (χ1v) is 7.79. The summed E-state index contributed by atoms with van der Waals surface area (Å²) < 4.78 is 5.74. The molecule has 0 saturated carbocycles. The number of nitrogens with one attached hydrogen (secondary N) is 1. The Kier molecular flexibility index (Phi) is 3.46. The van der Waals surface area contributed by atoms with E-state index in [2.05, 4.69) is 27.3 Å². The van der Waals surface area contributed by atoms with Gasteiger partial charge in [-0.1, -0.05) is 6.07 Å². The molecule has 0 saturated heterocycles. The zero-order valence-electron chi connectivity index (χ0n) is 12.4. The maximum Gasteiger partial charge on any atom is 0.213 e. The molecular formula is C17H18N4O. The molecule has 5 nitrogen and oxygen atoms in total. The molecule has 3 aromatic rings. The Bertz CT molecular complexity index is 796. The monoisotopic (exact) mass is 294 g/mol. The van der Waals surface area contributed by atoms with E-state index >= 15 is 0 Å². The third-order valence-electron chi connectivity index (χ3n) is 4.11. The zero-order chi connectivity index (χ0) is 14.8. The van der Waals surface area contributed by atoms with Crippen LogP contribution in [0.4, 0.5) is 0 Å². The molecule has 3 heterocycles. The molecule has 22 heavy (non-hydrogen) atoms. The Morgan fingerprint density at radius 2 is 2.00 bits per heavy atom. The van der Waals surface area contributed by atoms with Crippen LogP contribution in [0.3, 0.4) is 0 Å². The van der Waals surface area contributed by atoms with E-state index in [1.807, 2.05) is 12.1 Å². The van der Waals surface area contributed by atoms with E-state index < -0.39 is 0 Å². The predicted octanol–water partition coefficient (Wildman–Crippen LogP) is 2.85. The first-order valence-electron chi connectivity index (χ1n) is 7.79. The van der Waals surface area contributed by atoms with Crippen LogP contribution in [-0.2, 0) is 19.3 Å². The average Bonchev–Trinajstić information content (AvgIpc) is 3.02. The quantitative estimate of drug-likeness (QED) is 0.803. The lowest BCUT2D eigenvalue weighted by Crippen LogP contribution is -2.09. The topological polar surface area (TPSA) is 63.7 Å². The summed E-state index contributed by atoms with van der Waals surface area (Å²) in [6.07, 6.45) is 7.34. The molecule has 4 rings (SSSR count). The highest BCUT2D eigenvalue weighted by molar-refractivity contribution is 5.73. The Morgan fingerprint density at radius 3 is 3.00 bits per heavy atom. The molecule has 0 aliphatic heterocycles. The van der Waals surface area contributed by atoms with E-state index in [0.717, 1.165) is 29.6 Å². The summed E-state index contributed by atoms with van der Waals surface area (Å²) in [4.78, 5) is 9.17. The minimum atomic E-state index is 0.585. The molecule has 0 aromatic carbocycles. The Labute approximate surface area is 128 Å². The highest BCUT2D eigenvalue weighted by Crippen LogP contribution is 2.20. The van der Waals surface area contributed by atoms with Crippen molar-refractivity contribution in [2.24, 2.45) is 0 Å². The molecule has 112 valence electrons. The molecule has 1 aliphatic rings. The van der Waals surface area contributed by atoms with E-state index in [1.165, 1.54) is 30.5 Å². The van der Waals surface area contributed by atoms with Crippen molar-refractivity contribution in [1.29, 1.82) is 0 Å². The maximum atomic E-state index is 5.74. The van der Waals surface area contributed by atoms with Gasteiger partial charge in [0.2, 0.25) is 5.88 Å². The molecule has 0 spiro atoms. The largest absolute Gasteiger partial charge is 0.477 e. The standard InChI is InChI=1S/C17H18N4O/c1-2-4-14-12(3-1)5-6-13(19-14)9-10-22-17-8-7-15-16(20-17)11-18-21-15/h5-8,11H,1-4,9-10H2,(H,18,21). The summed E-state index contributed by atoms with van der Waals surface area (Å²) in [7, 11) is 0. The molecule has 1 aliphatic carbocycles. The molecule has 0 amide bonds. The number of rotatable bonds is 4. The zero-order valence-corrected chi connectivity index (χ0v) is 12.4. The first kappa shape index (κ1) is 13.2. The third-order valence-corrected chi connectivity index (χ3v) is 4.11. The van der Waals surface area contributed by atoms with Crippen molar-refractivity contribution in [3.8, 4) is 5.88 Å². The van der Waals surface area contributed by atoms with Crippen molar-refractivity contribution >= 4 is 11.0 Å². The minimum absolute atomic E-state index is 0.585. The second-order valence-electron chi connectivity index (χ2n) is 5.67. The van der Waals surface area contributed by atoms with Crippen LogP contribution < -0.4 is 4.74 Å². The van der Waals surface area contributed by atoms with Gasteiger partial charge < -0.3 is 4.74 Å². The predicted molar refractivity (Wildman–Crippen MR) is 84.0 cm³/mol. The van der Waals surface area contributed by atoms with Crippen molar-refractivity contribution in [1.82, 2.24) is 20.2 Å². The normalized spacial score (nSPS) is 14.0. The maximum absolute atomic E-state index is 5.74. The molecule has 0 unspecified atom stereocenters. The van der Waals surface area contributed by atoms with Gasteiger partial charge in [0.05, 0.1) is 18.3 Å². The Morgan fingerprint density at radius 1 is 1.05 bits per heavy atom. The van der Waals surface area contributed by atoms with E-state index in [9.17, 15) is 0 Å². The summed E-state index contributed by atoms with van der Waals surface area (Å²) in [5.74, 6) is 0.631. The highest BCUT2D eigenvalue weighted by atomic mass is 16.5. The molecule has 0 radical (unpaired) electrons. The number of fused-ring (bicyclic) bond motifs is 2. The first-order chi connectivity index (χ1) is 10.9. The van der Waals surface area contributed by atoms with Crippen LogP contribution in [0, 0.1) is 0 Å². The lowest BCUT2D eigenvalue weighted by atomic mass is 9.96. The number of aromatic amines is 1. The van der Waals surface area contributed by atoms with E-state index in [0.29, 0.717) is 12.5 Å².